The summed E-state index contributed by atoms with van der Waals surface area (Å²) in [5.41, 5.74) is -0.142. The van der Waals surface area contributed by atoms with Crippen LogP contribution in [0.1, 0.15) is 24.2 Å². The van der Waals surface area contributed by atoms with E-state index in [0.717, 1.165) is 32.7 Å². The molecule has 0 aromatic heterocycles. The minimum atomic E-state index is -3.85. The van der Waals surface area contributed by atoms with Crippen molar-refractivity contribution in [3.63, 3.8) is 0 Å². The Morgan fingerprint density at radius 1 is 1.21 bits per heavy atom. The van der Waals surface area contributed by atoms with Crippen LogP contribution in [0.5, 0.6) is 5.75 Å². The van der Waals surface area contributed by atoms with Gasteiger partial charge in [-0.3, -0.25) is 4.90 Å². The van der Waals surface area contributed by atoms with Crippen molar-refractivity contribution in [2.75, 3.05) is 59.0 Å². The number of carboxylic acids is 1. The fourth-order valence-corrected chi connectivity index (χ4v) is 5.53. The van der Waals surface area contributed by atoms with Crippen molar-refractivity contribution in [2.45, 2.75) is 24.9 Å². The molecule has 1 aromatic rings. The Kier molecular flexibility index (Phi) is 7.12. The summed E-state index contributed by atoms with van der Waals surface area (Å²) < 4.78 is 33.7. The van der Waals surface area contributed by atoms with E-state index < -0.39 is 16.0 Å². The maximum Gasteiger partial charge on any atom is 0.339 e. The smallest absolute Gasteiger partial charge is 0.339 e. The van der Waals surface area contributed by atoms with Crippen molar-refractivity contribution in [1.82, 2.24) is 19.4 Å². The predicted molar refractivity (Wildman–Crippen MR) is 109 cm³/mol. The van der Waals surface area contributed by atoms with Gasteiger partial charge < -0.3 is 20.1 Å². The SMILES string of the molecule is CCOc1ccc(S(=O)(=O)N2CCNCC2N2CCN(CC)CC2)cc1C(=O)O. The van der Waals surface area contributed by atoms with E-state index >= 15 is 0 Å². The topological polar surface area (TPSA) is 102 Å². The van der Waals surface area contributed by atoms with Crippen molar-refractivity contribution in [3.05, 3.63) is 23.8 Å². The van der Waals surface area contributed by atoms with E-state index in [9.17, 15) is 18.3 Å². The van der Waals surface area contributed by atoms with Crippen molar-refractivity contribution in [1.29, 1.82) is 0 Å². The molecule has 0 saturated carbocycles. The van der Waals surface area contributed by atoms with E-state index in [1.807, 2.05) is 0 Å². The van der Waals surface area contributed by atoms with E-state index in [0.29, 0.717) is 26.2 Å². The number of sulfonamides is 1. The molecule has 0 bridgehead atoms. The average Bonchev–Trinajstić information content (AvgIpc) is 2.74. The van der Waals surface area contributed by atoms with Crippen LogP contribution in [-0.2, 0) is 10.0 Å². The molecular formula is C19H30N4O5S. The number of benzene rings is 1. The van der Waals surface area contributed by atoms with Gasteiger partial charge in [0, 0.05) is 45.8 Å². The summed E-state index contributed by atoms with van der Waals surface area (Å²) in [5.74, 6) is -1.04. The lowest BCUT2D eigenvalue weighted by molar-refractivity contribution is 0.0359. The number of ether oxygens (including phenoxy) is 1. The Balaban J connectivity index is 1.88. The maximum atomic E-state index is 13.4. The average molecular weight is 427 g/mol. The summed E-state index contributed by atoms with van der Waals surface area (Å²) in [6, 6.07) is 4.06. The van der Waals surface area contributed by atoms with Crippen LogP contribution >= 0.6 is 0 Å². The highest BCUT2D eigenvalue weighted by molar-refractivity contribution is 7.89. The van der Waals surface area contributed by atoms with Crippen LogP contribution in [0.3, 0.4) is 0 Å². The number of rotatable bonds is 7. The molecule has 0 spiro atoms. The minimum Gasteiger partial charge on any atom is -0.493 e. The Morgan fingerprint density at radius 2 is 1.93 bits per heavy atom. The third-order valence-electron chi connectivity index (χ3n) is 5.53. The third kappa shape index (κ3) is 4.72. The molecule has 2 fully saturated rings. The molecule has 1 unspecified atom stereocenters. The molecule has 2 heterocycles. The fraction of sp³-hybridized carbons (Fsp3) is 0.632. The molecule has 1 aromatic carbocycles. The highest BCUT2D eigenvalue weighted by Gasteiger charge is 2.38. The van der Waals surface area contributed by atoms with Crippen LogP contribution in [-0.4, -0.2) is 98.7 Å². The molecular weight excluding hydrogens is 396 g/mol. The third-order valence-corrected chi connectivity index (χ3v) is 7.42. The summed E-state index contributed by atoms with van der Waals surface area (Å²) in [5, 5.41) is 12.8. The van der Waals surface area contributed by atoms with Crippen LogP contribution in [0.15, 0.2) is 23.1 Å². The Bertz CT molecular complexity index is 824. The minimum absolute atomic E-state index is 0.0163. The van der Waals surface area contributed by atoms with Gasteiger partial charge in [-0.1, -0.05) is 6.92 Å². The summed E-state index contributed by atoms with van der Waals surface area (Å²) in [6.45, 7) is 10.0. The lowest BCUT2D eigenvalue weighted by Gasteiger charge is -2.45. The number of aromatic carboxylic acids is 1. The van der Waals surface area contributed by atoms with Crippen molar-refractivity contribution in [2.24, 2.45) is 0 Å². The number of nitrogens with zero attached hydrogens (tertiary/aromatic N) is 3. The summed E-state index contributed by atoms with van der Waals surface area (Å²) in [7, 11) is -3.85. The number of hydrogen-bond acceptors (Lipinski definition) is 7. The molecule has 2 aliphatic heterocycles. The zero-order valence-corrected chi connectivity index (χ0v) is 17.8. The van der Waals surface area contributed by atoms with Gasteiger partial charge in [0.05, 0.1) is 17.7 Å². The zero-order valence-electron chi connectivity index (χ0n) is 17.0. The van der Waals surface area contributed by atoms with Gasteiger partial charge in [0.25, 0.3) is 0 Å². The first-order chi connectivity index (χ1) is 13.9. The molecule has 10 heteroatoms. The van der Waals surface area contributed by atoms with Gasteiger partial charge in [-0.2, -0.15) is 4.31 Å². The predicted octanol–water partition coefficient (Wildman–Crippen LogP) is 0.341. The molecule has 3 rings (SSSR count). The lowest BCUT2D eigenvalue weighted by Crippen LogP contribution is -2.63. The normalized spacial score (nSPS) is 22.5. The number of piperazine rings is 2. The fourth-order valence-electron chi connectivity index (χ4n) is 3.89. The number of hydrogen-bond donors (Lipinski definition) is 2. The number of nitrogens with one attached hydrogen (secondary N) is 1. The largest absolute Gasteiger partial charge is 0.493 e. The number of carbonyl (C=O) groups is 1. The number of likely N-dealkylation sites (N-methyl/N-ethyl adjacent to an activating group) is 1. The molecule has 2 saturated heterocycles. The molecule has 2 aliphatic rings. The molecule has 0 amide bonds. The Labute approximate surface area is 172 Å². The summed E-state index contributed by atoms with van der Waals surface area (Å²) >= 11 is 0. The molecule has 0 aliphatic carbocycles. The molecule has 1 atom stereocenters. The highest BCUT2D eigenvalue weighted by atomic mass is 32.2. The standard InChI is InChI=1S/C19H30N4O5S/c1-3-21-9-11-22(12-10-21)18-14-20-7-8-23(18)29(26,27)15-5-6-17(28-4-2)16(13-15)19(24)25/h5-6,13,18,20H,3-4,7-12,14H2,1-2H3,(H,24,25). The van der Waals surface area contributed by atoms with Gasteiger partial charge in [-0.25, -0.2) is 13.2 Å². The first kappa shape index (κ1) is 22.0. The molecule has 29 heavy (non-hydrogen) atoms. The summed E-state index contributed by atoms with van der Waals surface area (Å²) in [6.07, 6.45) is -0.285. The van der Waals surface area contributed by atoms with Crippen molar-refractivity contribution >= 4 is 16.0 Å². The van der Waals surface area contributed by atoms with E-state index in [2.05, 4.69) is 22.0 Å². The van der Waals surface area contributed by atoms with Gasteiger partial charge in [0.1, 0.15) is 11.3 Å². The zero-order chi connectivity index (χ0) is 21.0. The van der Waals surface area contributed by atoms with Crippen molar-refractivity contribution in [3.8, 4) is 5.75 Å². The van der Waals surface area contributed by atoms with E-state index in [1.54, 1.807) is 6.92 Å². The Hall–Kier alpha value is -1.72. The van der Waals surface area contributed by atoms with Gasteiger partial charge >= 0.3 is 5.97 Å². The van der Waals surface area contributed by atoms with Crippen LogP contribution < -0.4 is 10.1 Å². The second-order valence-corrected chi connectivity index (χ2v) is 9.06. The van der Waals surface area contributed by atoms with Crippen LogP contribution in [0.25, 0.3) is 0 Å². The van der Waals surface area contributed by atoms with Gasteiger partial charge in [-0.05, 0) is 31.7 Å². The number of carboxylic acid groups (broad SMARTS) is 1. The second kappa shape index (κ2) is 9.40. The summed E-state index contributed by atoms with van der Waals surface area (Å²) in [4.78, 5) is 16.1. The van der Waals surface area contributed by atoms with Gasteiger partial charge in [-0.15, -0.1) is 0 Å². The van der Waals surface area contributed by atoms with Crippen LogP contribution in [0, 0.1) is 0 Å². The monoisotopic (exact) mass is 426 g/mol. The first-order valence-corrected chi connectivity index (χ1v) is 11.5. The highest BCUT2D eigenvalue weighted by Crippen LogP contribution is 2.27. The molecule has 2 N–H and O–H groups in total. The lowest BCUT2D eigenvalue weighted by atomic mass is 10.2. The van der Waals surface area contributed by atoms with E-state index in [1.165, 1.54) is 22.5 Å². The first-order valence-electron chi connectivity index (χ1n) is 10.1. The van der Waals surface area contributed by atoms with E-state index in [4.69, 9.17) is 4.74 Å². The molecule has 162 valence electrons. The molecule has 9 nitrogen and oxygen atoms in total. The van der Waals surface area contributed by atoms with Gasteiger partial charge in [0.15, 0.2) is 0 Å². The Morgan fingerprint density at radius 3 is 2.55 bits per heavy atom. The maximum absolute atomic E-state index is 13.4. The van der Waals surface area contributed by atoms with E-state index in [-0.39, 0.29) is 22.4 Å². The quantitative estimate of drug-likeness (QED) is 0.644. The second-order valence-electron chi connectivity index (χ2n) is 7.17. The molecule has 0 radical (unpaired) electrons. The van der Waals surface area contributed by atoms with Crippen molar-refractivity contribution < 1.29 is 23.1 Å². The van der Waals surface area contributed by atoms with Crippen LogP contribution in [0.4, 0.5) is 0 Å². The van der Waals surface area contributed by atoms with Gasteiger partial charge in [0.2, 0.25) is 10.0 Å². The van der Waals surface area contributed by atoms with Crippen LogP contribution in [0.2, 0.25) is 0 Å².